The zero-order chi connectivity index (χ0) is 19.5. The van der Waals surface area contributed by atoms with E-state index in [4.69, 9.17) is 4.74 Å². The molecule has 0 aliphatic heterocycles. The third-order valence-corrected chi connectivity index (χ3v) is 5.23. The van der Waals surface area contributed by atoms with Gasteiger partial charge in [0.15, 0.2) is 5.96 Å². The fourth-order valence-electron chi connectivity index (χ4n) is 3.34. The SMILES string of the molecule is CCNC(=NCC(=O)Nc1cccc(CC)c1)NCC1(CCOC)CCC1.I. The van der Waals surface area contributed by atoms with Gasteiger partial charge in [-0.2, -0.15) is 0 Å². The van der Waals surface area contributed by atoms with E-state index >= 15 is 0 Å². The van der Waals surface area contributed by atoms with Gasteiger partial charge in [0.2, 0.25) is 5.91 Å². The van der Waals surface area contributed by atoms with Crippen LogP contribution < -0.4 is 16.0 Å². The third-order valence-electron chi connectivity index (χ3n) is 5.23. The van der Waals surface area contributed by atoms with Crippen LogP contribution in [0.1, 0.15) is 45.1 Å². The lowest BCUT2D eigenvalue weighted by Gasteiger charge is -2.42. The Bertz CT molecular complexity index is 633. The van der Waals surface area contributed by atoms with Gasteiger partial charge in [-0.1, -0.05) is 25.5 Å². The Morgan fingerprint density at radius 2 is 2.04 bits per heavy atom. The number of carbonyl (C=O) groups is 1. The summed E-state index contributed by atoms with van der Waals surface area (Å²) in [5.41, 5.74) is 2.32. The molecule has 1 aromatic rings. The molecule has 0 radical (unpaired) electrons. The van der Waals surface area contributed by atoms with Gasteiger partial charge in [-0.3, -0.25) is 4.79 Å². The number of hydrogen-bond donors (Lipinski definition) is 3. The van der Waals surface area contributed by atoms with E-state index in [1.807, 2.05) is 25.1 Å². The fraction of sp³-hybridized carbons (Fsp3) is 0.619. The molecular formula is C21H35IN4O2. The van der Waals surface area contributed by atoms with E-state index in [0.29, 0.717) is 11.4 Å². The Balaban J connectivity index is 0.00000392. The minimum atomic E-state index is -0.113. The number of carbonyl (C=O) groups excluding carboxylic acids is 1. The zero-order valence-corrected chi connectivity index (χ0v) is 19.7. The molecule has 0 spiro atoms. The number of halogens is 1. The topological polar surface area (TPSA) is 74.8 Å². The molecule has 1 saturated carbocycles. The van der Waals surface area contributed by atoms with Crippen LogP contribution in [0.15, 0.2) is 29.3 Å². The standard InChI is InChI=1S/C21H34N4O2.HI/c1-4-17-8-6-9-18(14-17)25-19(26)15-23-20(22-5-2)24-16-21(10-7-11-21)12-13-27-3;/h6,8-9,14H,4-5,7,10-13,15-16H2,1-3H3,(H,25,26)(H2,22,23,24);1H. The molecule has 1 aromatic carbocycles. The number of nitrogens with one attached hydrogen (secondary N) is 3. The first-order valence-electron chi connectivity index (χ1n) is 10.0. The molecule has 3 N–H and O–H groups in total. The number of nitrogens with zero attached hydrogens (tertiary/aromatic N) is 1. The lowest BCUT2D eigenvalue weighted by Crippen LogP contribution is -2.47. The number of guanidine groups is 1. The predicted molar refractivity (Wildman–Crippen MR) is 127 cm³/mol. The first-order valence-corrected chi connectivity index (χ1v) is 10.0. The first kappa shape index (κ1) is 24.7. The lowest BCUT2D eigenvalue weighted by molar-refractivity contribution is -0.114. The minimum Gasteiger partial charge on any atom is -0.385 e. The highest BCUT2D eigenvalue weighted by molar-refractivity contribution is 14.0. The molecular weight excluding hydrogens is 467 g/mol. The third kappa shape index (κ3) is 7.95. The summed E-state index contributed by atoms with van der Waals surface area (Å²) in [6.45, 7) is 6.63. The number of amides is 1. The van der Waals surface area contributed by atoms with Crippen LogP contribution in [-0.4, -0.2) is 45.2 Å². The molecule has 0 atom stereocenters. The summed E-state index contributed by atoms with van der Waals surface area (Å²) in [6, 6.07) is 7.92. The number of rotatable bonds is 10. The highest BCUT2D eigenvalue weighted by Crippen LogP contribution is 2.43. The lowest BCUT2D eigenvalue weighted by atomic mass is 9.67. The average molecular weight is 502 g/mol. The Morgan fingerprint density at radius 3 is 2.64 bits per heavy atom. The number of methoxy groups -OCH3 is 1. The van der Waals surface area contributed by atoms with E-state index in [2.05, 4.69) is 33.9 Å². The van der Waals surface area contributed by atoms with Crippen LogP contribution in [-0.2, 0) is 16.0 Å². The average Bonchev–Trinajstić information content (AvgIpc) is 2.65. The normalized spacial score (nSPS) is 15.2. The van der Waals surface area contributed by atoms with Crippen molar-refractivity contribution in [3.05, 3.63) is 29.8 Å². The molecule has 158 valence electrons. The maximum atomic E-state index is 12.2. The summed E-state index contributed by atoms with van der Waals surface area (Å²) < 4.78 is 5.25. The van der Waals surface area contributed by atoms with Crippen LogP contribution in [0.25, 0.3) is 0 Å². The van der Waals surface area contributed by atoms with Crippen molar-refractivity contribution in [2.45, 2.75) is 46.0 Å². The summed E-state index contributed by atoms with van der Waals surface area (Å²) in [5, 5.41) is 9.56. The predicted octanol–water partition coefficient (Wildman–Crippen LogP) is 3.57. The van der Waals surface area contributed by atoms with E-state index in [9.17, 15) is 4.79 Å². The number of aryl methyl sites for hydroxylation is 1. The van der Waals surface area contributed by atoms with Crippen LogP contribution in [0.3, 0.4) is 0 Å². The quantitative estimate of drug-likeness (QED) is 0.260. The molecule has 0 heterocycles. The first-order chi connectivity index (χ1) is 13.1. The fourth-order valence-corrected chi connectivity index (χ4v) is 3.34. The molecule has 7 heteroatoms. The summed E-state index contributed by atoms with van der Waals surface area (Å²) >= 11 is 0. The van der Waals surface area contributed by atoms with Crippen LogP contribution in [0, 0.1) is 5.41 Å². The minimum absolute atomic E-state index is 0. The number of ether oxygens (including phenoxy) is 1. The molecule has 1 aliphatic rings. The van der Waals surface area contributed by atoms with Crippen LogP contribution in [0.5, 0.6) is 0 Å². The van der Waals surface area contributed by atoms with Crippen LogP contribution >= 0.6 is 24.0 Å². The Hall–Kier alpha value is -1.35. The van der Waals surface area contributed by atoms with E-state index in [0.717, 1.165) is 38.2 Å². The molecule has 0 unspecified atom stereocenters. The van der Waals surface area contributed by atoms with E-state index in [1.54, 1.807) is 7.11 Å². The molecule has 1 aliphatic carbocycles. The van der Waals surface area contributed by atoms with Crippen LogP contribution in [0.4, 0.5) is 5.69 Å². The number of aliphatic imine (C=N–C) groups is 1. The van der Waals surface area contributed by atoms with Crippen molar-refractivity contribution >= 4 is 41.5 Å². The molecule has 0 aromatic heterocycles. The molecule has 1 amide bonds. The molecule has 0 bridgehead atoms. The smallest absolute Gasteiger partial charge is 0.246 e. The highest BCUT2D eigenvalue weighted by Gasteiger charge is 2.36. The molecule has 0 saturated heterocycles. The second-order valence-corrected chi connectivity index (χ2v) is 7.25. The molecule has 28 heavy (non-hydrogen) atoms. The van der Waals surface area contributed by atoms with E-state index in [1.165, 1.54) is 24.8 Å². The monoisotopic (exact) mass is 502 g/mol. The van der Waals surface area contributed by atoms with Gasteiger partial charge >= 0.3 is 0 Å². The Morgan fingerprint density at radius 1 is 1.25 bits per heavy atom. The summed E-state index contributed by atoms with van der Waals surface area (Å²) in [5.74, 6) is 0.580. The van der Waals surface area contributed by atoms with Gasteiger partial charge in [0.05, 0.1) is 0 Å². The van der Waals surface area contributed by atoms with Crippen molar-refractivity contribution in [2.75, 3.05) is 38.7 Å². The van der Waals surface area contributed by atoms with Gasteiger partial charge in [0.1, 0.15) is 6.54 Å². The van der Waals surface area contributed by atoms with Gasteiger partial charge in [-0.15, -0.1) is 24.0 Å². The zero-order valence-electron chi connectivity index (χ0n) is 17.3. The van der Waals surface area contributed by atoms with Crippen molar-refractivity contribution < 1.29 is 9.53 Å². The van der Waals surface area contributed by atoms with Crippen molar-refractivity contribution in [1.29, 1.82) is 0 Å². The number of benzene rings is 1. The summed E-state index contributed by atoms with van der Waals surface area (Å²) in [6.07, 6.45) is 5.72. The van der Waals surface area contributed by atoms with Crippen molar-refractivity contribution in [3.63, 3.8) is 0 Å². The Kier molecular flexibility index (Phi) is 11.4. The molecule has 6 nitrogen and oxygen atoms in total. The summed E-state index contributed by atoms with van der Waals surface area (Å²) in [7, 11) is 1.75. The summed E-state index contributed by atoms with van der Waals surface area (Å²) in [4.78, 5) is 16.7. The largest absolute Gasteiger partial charge is 0.385 e. The van der Waals surface area contributed by atoms with Crippen LogP contribution in [0.2, 0.25) is 0 Å². The Labute approximate surface area is 186 Å². The van der Waals surface area contributed by atoms with E-state index < -0.39 is 0 Å². The van der Waals surface area contributed by atoms with Gasteiger partial charge in [-0.25, -0.2) is 4.99 Å². The molecule has 2 rings (SSSR count). The van der Waals surface area contributed by atoms with Gasteiger partial charge in [0.25, 0.3) is 0 Å². The second kappa shape index (κ2) is 13.0. The van der Waals surface area contributed by atoms with Gasteiger partial charge in [-0.05, 0) is 55.7 Å². The highest BCUT2D eigenvalue weighted by atomic mass is 127. The maximum absolute atomic E-state index is 12.2. The maximum Gasteiger partial charge on any atom is 0.246 e. The van der Waals surface area contributed by atoms with Crippen molar-refractivity contribution in [2.24, 2.45) is 10.4 Å². The van der Waals surface area contributed by atoms with Crippen molar-refractivity contribution in [1.82, 2.24) is 10.6 Å². The number of hydrogen-bond acceptors (Lipinski definition) is 3. The van der Waals surface area contributed by atoms with Crippen molar-refractivity contribution in [3.8, 4) is 0 Å². The second-order valence-electron chi connectivity index (χ2n) is 7.25. The molecule has 1 fully saturated rings. The van der Waals surface area contributed by atoms with Gasteiger partial charge in [0, 0.05) is 32.5 Å². The van der Waals surface area contributed by atoms with E-state index in [-0.39, 0.29) is 36.4 Å². The van der Waals surface area contributed by atoms with Gasteiger partial charge < -0.3 is 20.7 Å². The number of anilines is 1.